The molecule has 7 nitrogen and oxygen atoms in total. The third-order valence-corrected chi connectivity index (χ3v) is 2.84. The molecule has 1 aliphatic heterocycles. The van der Waals surface area contributed by atoms with Crippen LogP contribution in [0.2, 0.25) is 0 Å². The van der Waals surface area contributed by atoms with Crippen LogP contribution >= 0.6 is 0 Å². The average molecular weight is 224 g/mol. The first kappa shape index (κ1) is 11.0. The summed E-state index contributed by atoms with van der Waals surface area (Å²) in [5.74, 6) is 0.550. The molecule has 1 fully saturated rings. The molecule has 1 aromatic rings. The molecular formula is C9H16N6O. The second kappa shape index (κ2) is 5.02. The quantitative estimate of drug-likeness (QED) is 0.707. The zero-order chi connectivity index (χ0) is 11.4. The van der Waals surface area contributed by atoms with Gasteiger partial charge in [0, 0.05) is 13.1 Å². The molecule has 2 heterocycles. The van der Waals surface area contributed by atoms with Gasteiger partial charge in [0.2, 0.25) is 0 Å². The lowest BCUT2D eigenvalue weighted by Crippen LogP contribution is -2.42. The number of carbonyl (C=O) groups is 1. The second-order valence-corrected chi connectivity index (χ2v) is 4.05. The first-order chi connectivity index (χ1) is 7.81. The average Bonchev–Trinajstić information content (AvgIpc) is 2.82. The van der Waals surface area contributed by atoms with Gasteiger partial charge in [-0.1, -0.05) is 0 Å². The van der Waals surface area contributed by atoms with E-state index in [1.165, 1.54) is 0 Å². The molecule has 1 atom stereocenters. The predicted molar refractivity (Wildman–Crippen MR) is 56.7 cm³/mol. The van der Waals surface area contributed by atoms with E-state index in [0.717, 1.165) is 32.5 Å². The molecule has 0 spiro atoms. The van der Waals surface area contributed by atoms with Crippen molar-refractivity contribution in [2.75, 3.05) is 26.7 Å². The minimum Gasteiger partial charge on any atom is -0.335 e. The van der Waals surface area contributed by atoms with Crippen LogP contribution in [0.4, 0.5) is 0 Å². The monoisotopic (exact) mass is 224 g/mol. The molecule has 0 aliphatic carbocycles. The lowest BCUT2D eigenvalue weighted by Gasteiger charge is -2.31. The van der Waals surface area contributed by atoms with Gasteiger partial charge in [-0.15, -0.1) is 10.2 Å². The van der Waals surface area contributed by atoms with E-state index in [4.69, 9.17) is 0 Å². The smallest absolute Gasteiger partial charge is 0.295 e. The highest BCUT2D eigenvalue weighted by Crippen LogP contribution is 2.16. The van der Waals surface area contributed by atoms with Gasteiger partial charge >= 0.3 is 0 Å². The Morgan fingerprint density at radius 3 is 3.25 bits per heavy atom. The Balaban J connectivity index is 1.96. The number of carbonyl (C=O) groups excluding carboxylic acids is 1. The van der Waals surface area contributed by atoms with Crippen molar-refractivity contribution in [1.82, 2.24) is 30.8 Å². The Morgan fingerprint density at radius 1 is 1.69 bits per heavy atom. The van der Waals surface area contributed by atoms with Crippen LogP contribution in [-0.4, -0.2) is 58.1 Å². The van der Waals surface area contributed by atoms with Crippen molar-refractivity contribution >= 4 is 5.91 Å². The molecule has 2 rings (SSSR count). The third kappa shape index (κ3) is 2.35. The lowest BCUT2D eigenvalue weighted by molar-refractivity contribution is 0.0662. The molecule has 0 saturated carbocycles. The maximum absolute atomic E-state index is 11.9. The standard InChI is InChI=1S/C9H16N6O/c1-10-5-7-3-2-4-15(6-7)9(16)8-11-13-14-12-8/h7,10H,2-6H2,1H3,(H,11,12,13,14). The fraction of sp³-hybridized carbons (Fsp3) is 0.778. The predicted octanol–water partition coefficient (Wildman–Crippen LogP) is -0.729. The Hall–Kier alpha value is -1.50. The fourth-order valence-corrected chi connectivity index (χ4v) is 2.10. The molecule has 1 aliphatic rings. The largest absolute Gasteiger partial charge is 0.335 e. The summed E-state index contributed by atoms with van der Waals surface area (Å²) in [4.78, 5) is 13.7. The Morgan fingerprint density at radius 2 is 2.56 bits per heavy atom. The number of piperidine rings is 1. The van der Waals surface area contributed by atoms with Gasteiger partial charge < -0.3 is 10.2 Å². The van der Waals surface area contributed by atoms with Crippen LogP contribution in [0.15, 0.2) is 0 Å². The number of rotatable bonds is 3. The Labute approximate surface area is 93.6 Å². The van der Waals surface area contributed by atoms with Crippen LogP contribution in [0.25, 0.3) is 0 Å². The zero-order valence-electron chi connectivity index (χ0n) is 9.31. The van der Waals surface area contributed by atoms with Crippen molar-refractivity contribution in [3.63, 3.8) is 0 Å². The van der Waals surface area contributed by atoms with Crippen molar-refractivity contribution in [3.05, 3.63) is 5.82 Å². The highest BCUT2D eigenvalue weighted by Gasteiger charge is 2.26. The number of aromatic amines is 1. The van der Waals surface area contributed by atoms with E-state index in [1.807, 2.05) is 7.05 Å². The number of hydrogen-bond acceptors (Lipinski definition) is 5. The van der Waals surface area contributed by atoms with Gasteiger partial charge in [0.1, 0.15) is 0 Å². The first-order valence-corrected chi connectivity index (χ1v) is 5.48. The molecule has 1 amide bonds. The van der Waals surface area contributed by atoms with E-state index >= 15 is 0 Å². The van der Waals surface area contributed by atoms with Gasteiger partial charge in [0.25, 0.3) is 11.7 Å². The second-order valence-electron chi connectivity index (χ2n) is 4.05. The lowest BCUT2D eigenvalue weighted by atomic mass is 9.98. The molecule has 0 aromatic carbocycles. The van der Waals surface area contributed by atoms with Crippen molar-refractivity contribution < 1.29 is 4.79 Å². The van der Waals surface area contributed by atoms with Crippen molar-refractivity contribution in [2.45, 2.75) is 12.8 Å². The third-order valence-electron chi connectivity index (χ3n) is 2.84. The summed E-state index contributed by atoms with van der Waals surface area (Å²) in [5, 5.41) is 16.3. The molecular weight excluding hydrogens is 208 g/mol. The first-order valence-electron chi connectivity index (χ1n) is 5.48. The highest BCUT2D eigenvalue weighted by molar-refractivity contribution is 5.90. The van der Waals surface area contributed by atoms with Crippen LogP contribution in [0, 0.1) is 5.92 Å². The molecule has 0 bridgehead atoms. The van der Waals surface area contributed by atoms with Crippen molar-refractivity contribution in [2.24, 2.45) is 5.92 Å². The van der Waals surface area contributed by atoms with Crippen LogP contribution in [-0.2, 0) is 0 Å². The zero-order valence-corrected chi connectivity index (χ0v) is 9.31. The van der Waals surface area contributed by atoms with Crippen LogP contribution in [0.1, 0.15) is 23.5 Å². The van der Waals surface area contributed by atoms with E-state index in [1.54, 1.807) is 4.90 Å². The number of nitrogens with zero attached hydrogens (tertiary/aromatic N) is 4. The molecule has 7 heteroatoms. The van der Waals surface area contributed by atoms with Gasteiger partial charge in [-0.3, -0.25) is 4.79 Å². The minimum absolute atomic E-state index is 0.130. The van der Waals surface area contributed by atoms with Crippen molar-refractivity contribution in [1.29, 1.82) is 0 Å². The topological polar surface area (TPSA) is 86.8 Å². The summed E-state index contributed by atoms with van der Waals surface area (Å²) in [6.07, 6.45) is 2.20. The van der Waals surface area contributed by atoms with Gasteiger partial charge in [-0.05, 0) is 37.6 Å². The van der Waals surface area contributed by atoms with E-state index in [9.17, 15) is 4.79 Å². The molecule has 1 saturated heterocycles. The van der Waals surface area contributed by atoms with Gasteiger partial charge in [0.05, 0.1) is 0 Å². The normalized spacial score (nSPS) is 21.1. The maximum atomic E-state index is 11.9. The number of H-pyrrole nitrogens is 1. The van der Waals surface area contributed by atoms with Crippen LogP contribution in [0.5, 0.6) is 0 Å². The van der Waals surface area contributed by atoms with Crippen molar-refractivity contribution in [3.8, 4) is 0 Å². The molecule has 1 aromatic heterocycles. The number of tetrazole rings is 1. The molecule has 0 radical (unpaired) electrons. The van der Waals surface area contributed by atoms with Gasteiger partial charge in [0.15, 0.2) is 0 Å². The summed E-state index contributed by atoms with van der Waals surface area (Å²) >= 11 is 0. The van der Waals surface area contributed by atoms with E-state index in [-0.39, 0.29) is 11.7 Å². The van der Waals surface area contributed by atoms with E-state index < -0.39 is 0 Å². The minimum atomic E-state index is -0.130. The van der Waals surface area contributed by atoms with Gasteiger partial charge in [-0.25, -0.2) is 0 Å². The summed E-state index contributed by atoms with van der Waals surface area (Å²) in [6, 6.07) is 0. The van der Waals surface area contributed by atoms with E-state index in [0.29, 0.717) is 5.92 Å². The molecule has 88 valence electrons. The Kier molecular flexibility index (Phi) is 3.45. The molecule has 2 N–H and O–H groups in total. The number of aromatic nitrogens is 4. The summed E-state index contributed by atoms with van der Waals surface area (Å²) in [5.41, 5.74) is 0. The highest BCUT2D eigenvalue weighted by atomic mass is 16.2. The SMILES string of the molecule is CNCC1CCCN(C(=O)c2nn[nH]n2)C1. The Bertz CT molecular complexity index is 336. The van der Waals surface area contributed by atoms with Crippen LogP contribution < -0.4 is 5.32 Å². The summed E-state index contributed by atoms with van der Waals surface area (Å²) < 4.78 is 0. The summed E-state index contributed by atoms with van der Waals surface area (Å²) in [7, 11) is 1.93. The molecule has 1 unspecified atom stereocenters. The van der Waals surface area contributed by atoms with E-state index in [2.05, 4.69) is 25.9 Å². The molecule has 16 heavy (non-hydrogen) atoms. The maximum Gasteiger partial charge on any atom is 0.295 e. The fourth-order valence-electron chi connectivity index (χ4n) is 2.10. The number of nitrogens with one attached hydrogen (secondary N) is 2. The van der Waals surface area contributed by atoms with Gasteiger partial charge in [-0.2, -0.15) is 5.21 Å². The number of likely N-dealkylation sites (tertiary alicyclic amines) is 1. The number of amides is 1. The van der Waals surface area contributed by atoms with Crippen LogP contribution in [0.3, 0.4) is 0 Å². The number of hydrogen-bond donors (Lipinski definition) is 2. The summed E-state index contributed by atoms with van der Waals surface area (Å²) in [6.45, 7) is 2.50.